The van der Waals surface area contributed by atoms with Crippen LogP contribution in [0.4, 0.5) is 0 Å². The second-order valence-corrected chi connectivity index (χ2v) is 1.71. The SMILES string of the molecule is Oc1cc(O)cc(O)c1.[AlH3]. The summed E-state index contributed by atoms with van der Waals surface area (Å²) in [6, 6.07) is 3.42. The number of phenolic OH excluding ortho intramolecular Hbond substituents is 3. The van der Waals surface area contributed by atoms with E-state index in [0.717, 1.165) is 18.2 Å². The highest BCUT2D eigenvalue weighted by Gasteiger charge is 1.94. The first-order valence-electron chi connectivity index (χ1n) is 2.40. The van der Waals surface area contributed by atoms with E-state index in [1.807, 2.05) is 0 Å². The van der Waals surface area contributed by atoms with Crippen LogP contribution < -0.4 is 0 Å². The lowest BCUT2D eigenvalue weighted by atomic mass is 10.3. The molecular formula is C6H9AlO3. The maximum atomic E-state index is 8.67. The molecule has 10 heavy (non-hydrogen) atoms. The van der Waals surface area contributed by atoms with Gasteiger partial charge in [0.1, 0.15) is 17.2 Å². The molecule has 0 fully saturated rings. The highest BCUT2D eigenvalue weighted by atomic mass is 27.0. The molecule has 0 aromatic heterocycles. The molecule has 0 heterocycles. The van der Waals surface area contributed by atoms with E-state index in [9.17, 15) is 0 Å². The molecule has 0 aliphatic carbocycles. The van der Waals surface area contributed by atoms with Crippen molar-refractivity contribution in [1.29, 1.82) is 0 Å². The molecule has 3 nitrogen and oxygen atoms in total. The van der Waals surface area contributed by atoms with Gasteiger partial charge in [-0.2, -0.15) is 0 Å². The van der Waals surface area contributed by atoms with E-state index >= 15 is 0 Å². The number of rotatable bonds is 0. The highest BCUT2D eigenvalue weighted by Crippen LogP contribution is 2.23. The predicted molar refractivity (Wildman–Crippen MR) is 41.4 cm³/mol. The molecule has 54 valence electrons. The Hall–Kier alpha value is -0.848. The van der Waals surface area contributed by atoms with Gasteiger partial charge in [-0.3, -0.25) is 0 Å². The molecule has 0 atom stereocenters. The summed E-state index contributed by atoms with van der Waals surface area (Å²) in [7, 11) is 0. The largest absolute Gasteiger partial charge is 0.508 e. The fourth-order valence-corrected chi connectivity index (χ4v) is 0.580. The van der Waals surface area contributed by atoms with E-state index in [1.54, 1.807) is 0 Å². The molecule has 0 saturated carbocycles. The Morgan fingerprint density at radius 3 is 1.10 bits per heavy atom. The predicted octanol–water partition coefficient (Wildman–Crippen LogP) is -0.381. The summed E-state index contributed by atoms with van der Waals surface area (Å²) in [4.78, 5) is 0. The smallest absolute Gasteiger partial charge is 0.187 e. The highest BCUT2D eigenvalue weighted by molar-refractivity contribution is 5.75. The van der Waals surface area contributed by atoms with Gasteiger partial charge >= 0.3 is 0 Å². The molecule has 4 heteroatoms. The molecule has 0 spiro atoms. The van der Waals surface area contributed by atoms with Crippen LogP contribution in [0.1, 0.15) is 0 Å². The van der Waals surface area contributed by atoms with Crippen molar-refractivity contribution in [3.8, 4) is 17.2 Å². The van der Waals surface area contributed by atoms with Crippen molar-refractivity contribution in [3.05, 3.63) is 18.2 Å². The van der Waals surface area contributed by atoms with Gasteiger partial charge in [-0.1, -0.05) is 0 Å². The molecule has 1 rings (SSSR count). The topological polar surface area (TPSA) is 60.7 Å². The van der Waals surface area contributed by atoms with E-state index in [4.69, 9.17) is 15.3 Å². The van der Waals surface area contributed by atoms with Gasteiger partial charge in [0.05, 0.1) is 0 Å². The summed E-state index contributed by atoms with van der Waals surface area (Å²) in [5, 5.41) is 26.0. The van der Waals surface area contributed by atoms with Gasteiger partial charge in [0.2, 0.25) is 0 Å². The fourth-order valence-electron chi connectivity index (χ4n) is 0.580. The minimum absolute atomic E-state index is 0. The van der Waals surface area contributed by atoms with E-state index in [2.05, 4.69) is 0 Å². The van der Waals surface area contributed by atoms with Crippen LogP contribution in [-0.4, -0.2) is 32.7 Å². The van der Waals surface area contributed by atoms with Gasteiger partial charge in [-0.15, -0.1) is 0 Å². The van der Waals surface area contributed by atoms with Crippen LogP contribution in [0.5, 0.6) is 17.2 Å². The van der Waals surface area contributed by atoms with Crippen molar-refractivity contribution in [3.63, 3.8) is 0 Å². The van der Waals surface area contributed by atoms with Gasteiger partial charge < -0.3 is 15.3 Å². The maximum Gasteiger partial charge on any atom is 0.187 e. The zero-order chi connectivity index (χ0) is 6.85. The molecule has 0 aliphatic heterocycles. The summed E-state index contributed by atoms with van der Waals surface area (Å²) in [6.45, 7) is 0. The summed E-state index contributed by atoms with van der Waals surface area (Å²) < 4.78 is 0. The standard InChI is InChI=1S/C6H6O3.Al.3H/c7-4-1-5(8)3-6(9)2-4;;;;/h1-3,7-9H;;;;. The van der Waals surface area contributed by atoms with Crippen LogP contribution in [0.3, 0.4) is 0 Å². The van der Waals surface area contributed by atoms with Crippen molar-refractivity contribution < 1.29 is 15.3 Å². The zero-order valence-electron chi connectivity index (χ0n) is 4.57. The fraction of sp³-hybridized carbons (Fsp3) is 0. The molecule has 0 bridgehead atoms. The van der Waals surface area contributed by atoms with Gasteiger partial charge in [0, 0.05) is 18.2 Å². The summed E-state index contributed by atoms with van der Waals surface area (Å²) >= 11 is 0. The third-order valence-electron chi connectivity index (χ3n) is 0.887. The first-order valence-corrected chi connectivity index (χ1v) is 2.40. The van der Waals surface area contributed by atoms with Crippen molar-refractivity contribution in [2.24, 2.45) is 0 Å². The number of benzene rings is 1. The van der Waals surface area contributed by atoms with Crippen molar-refractivity contribution in [2.45, 2.75) is 0 Å². The second kappa shape index (κ2) is 3.35. The molecule has 0 radical (unpaired) electrons. The molecule has 0 aliphatic rings. The van der Waals surface area contributed by atoms with Crippen molar-refractivity contribution in [2.75, 3.05) is 0 Å². The van der Waals surface area contributed by atoms with Gasteiger partial charge in [0.25, 0.3) is 0 Å². The van der Waals surface area contributed by atoms with Crippen LogP contribution in [0.15, 0.2) is 18.2 Å². The van der Waals surface area contributed by atoms with Gasteiger partial charge in [-0.05, 0) is 0 Å². The maximum absolute atomic E-state index is 8.67. The molecule has 0 saturated heterocycles. The number of hydrogen-bond acceptors (Lipinski definition) is 3. The molecule has 1 aromatic carbocycles. The average Bonchev–Trinajstić information content (AvgIpc) is 1.59. The number of hydrogen-bond donors (Lipinski definition) is 3. The molecule has 3 N–H and O–H groups in total. The first-order chi connectivity index (χ1) is 4.18. The first kappa shape index (κ1) is 9.15. The minimum atomic E-state index is -0.146. The third-order valence-corrected chi connectivity index (χ3v) is 0.887. The normalized spacial score (nSPS) is 8.40. The lowest BCUT2D eigenvalue weighted by molar-refractivity contribution is 0.428. The lowest BCUT2D eigenvalue weighted by Crippen LogP contribution is -1.66. The molecular weight excluding hydrogens is 147 g/mol. The van der Waals surface area contributed by atoms with E-state index < -0.39 is 0 Å². The Morgan fingerprint density at radius 2 is 0.900 bits per heavy atom. The molecule has 0 amide bonds. The van der Waals surface area contributed by atoms with E-state index in [-0.39, 0.29) is 34.6 Å². The Labute approximate surface area is 68.7 Å². The quantitative estimate of drug-likeness (QED) is 0.449. The monoisotopic (exact) mass is 156 g/mol. The Morgan fingerprint density at radius 1 is 0.700 bits per heavy atom. The Kier molecular flexibility index (Phi) is 3.07. The molecule has 0 unspecified atom stereocenters. The van der Waals surface area contributed by atoms with Crippen molar-refractivity contribution in [1.82, 2.24) is 0 Å². The van der Waals surface area contributed by atoms with Crippen molar-refractivity contribution >= 4 is 17.4 Å². The summed E-state index contributed by atoms with van der Waals surface area (Å²) in [5.74, 6) is -0.437. The summed E-state index contributed by atoms with van der Waals surface area (Å²) in [5.41, 5.74) is 0. The van der Waals surface area contributed by atoms with Crippen LogP contribution in [0.25, 0.3) is 0 Å². The van der Waals surface area contributed by atoms with Gasteiger partial charge in [-0.25, -0.2) is 0 Å². The average molecular weight is 156 g/mol. The second-order valence-electron chi connectivity index (χ2n) is 1.71. The van der Waals surface area contributed by atoms with Gasteiger partial charge in [0.15, 0.2) is 17.4 Å². The zero-order valence-corrected chi connectivity index (χ0v) is 4.57. The number of phenols is 3. The lowest BCUT2D eigenvalue weighted by Gasteiger charge is -1.94. The van der Waals surface area contributed by atoms with Crippen LogP contribution in [0.2, 0.25) is 0 Å². The summed E-state index contributed by atoms with van der Waals surface area (Å²) in [6.07, 6.45) is 0. The Bertz CT molecular complexity index is 174. The van der Waals surface area contributed by atoms with E-state index in [1.165, 1.54) is 0 Å². The minimum Gasteiger partial charge on any atom is -0.508 e. The van der Waals surface area contributed by atoms with Crippen LogP contribution >= 0.6 is 0 Å². The molecule has 1 aromatic rings. The third kappa shape index (κ3) is 2.18. The Balaban J connectivity index is 0.000000810. The number of aromatic hydroxyl groups is 3. The van der Waals surface area contributed by atoms with E-state index in [0.29, 0.717) is 0 Å². The van der Waals surface area contributed by atoms with Crippen LogP contribution in [0, 0.1) is 0 Å². The van der Waals surface area contributed by atoms with Crippen LogP contribution in [-0.2, 0) is 0 Å².